The molecule has 2 rings (SSSR count). The zero-order valence-corrected chi connectivity index (χ0v) is 13.2. The van der Waals surface area contributed by atoms with Crippen LogP contribution in [0.1, 0.15) is 21.5 Å². The average molecular weight is 354 g/mol. The van der Waals surface area contributed by atoms with Crippen LogP contribution in [0.25, 0.3) is 0 Å². The standard InChI is InChI=1S/C16H14BrF2NO/c1-10-3-5-11(6-4-10)9-20(2)16(21)15-13(18)7-12(17)8-14(15)19/h3-8H,9H2,1-2H3. The van der Waals surface area contributed by atoms with Crippen molar-refractivity contribution in [2.45, 2.75) is 13.5 Å². The number of benzene rings is 2. The Labute approximate surface area is 130 Å². The topological polar surface area (TPSA) is 20.3 Å². The van der Waals surface area contributed by atoms with E-state index in [-0.39, 0.29) is 11.0 Å². The highest BCUT2D eigenvalue weighted by Crippen LogP contribution is 2.21. The number of carbonyl (C=O) groups excluding carboxylic acids is 1. The van der Waals surface area contributed by atoms with Crippen LogP contribution >= 0.6 is 15.9 Å². The summed E-state index contributed by atoms with van der Waals surface area (Å²) in [6.45, 7) is 2.25. The van der Waals surface area contributed by atoms with Gasteiger partial charge in [0.15, 0.2) is 0 Å². The summed E-state index contributed by atoms with van der Waals surface area (Å²) in [5.41, 5.74) is 1.47. The van der Waals surface area contributed by atoms with Crippen molar-refractivity contribution in [1.82, 2.24) is 4.90 Å². The molecule has 0 aliphatic heterocycles. The minimum Gasteiger partial charge on any atom is -0.337 e. The predicted octanol–water partition coefficient (Wildman–Crippen LogP) is 4.31. The van der Waals surface area contributed by atoms with Crippen LogP contribution in [0.5, 0.6) is 0 Å². The maximum absolute atomic E-state index is 13.8. The van der Waals surface area contributed by atoms with Crippen molar-refractivity contribution in [1.29, 1.82) is 0 Å². The van der Waals surface area contributed by atoms with Gasteiger partial charge >= 0.3 is 0 Å². The van der Waals surface area contributed by atoms with Gasteiger partial charge in [-0.3, -0.25) is 4.79 Å². The normalized spacial score (nSPS) is 10.5. The van der Waals surface area contributed by atoms with Gasteiger partial charge in [0.1, 0.15) is 17.2 Å². The summed E-state index contributed by atoms with van der Waals surface area (Å²) in [6, 6.07) is 9.77. The van der Waals surface area contributed by atoms with Gasteiger partial charge in [-0.2, -0.15) is 0 Å². The number of hydrogen-bond donors (Lipinski definition) is 0. The Hall–Kier alpha value is -1.75. The van der Waals surface area contributed by atoms with E-state index in [9.17, 15) is 13.6 Å². The molecule has 0 bridgehead atoms. The summed E-state index contributed by atoms with van der Waals surface area (Å²) in [7, 11) is 1.52. The second-order valence-electron chi connectivity index (χ2n) is 4.89. The van der Waals surface area contributed by atoms with Crippen molar-refractivity contribution in [3.05, 3.63) is 69.2 Å². The van der Waals surface area contributed by atoms with Crippen LogP contribution in [0.2, 0.25) is 0 Å². The molecule has 110 valence electrons. The van der Waals surface area contributed by atoms with E-state index in [1.807, 2.05) is 31.2 Å². The fourth-order valence-electron chi connectivity index (χ4n) is 1.98. The molecule has 1 amide bonds. The van der Waals surface area contributed by atoms with Gasteiger partial charge in [0, 0.05) is 18.1 Å². The van der Waals surface area contributed by atoms with Gasteiger partial charge in [0.25, 0.3) is 5.91 Å². The lowest BCUT2D eigenvalue weighted by Crippen LogP contribution is -2.28. The number of nitrogens with zero attached hydrogens (tertiary/aromatic N) is 1. The Balaban J connectivity index is 2.22. The Bertz CT molecular complexity index is 647. The van der Waals surface area contributed by atoms with Gasteiger partial charge in [-0.05, 0) is 24.6 Å². The van der Waals surface area contributed by atoms with E-state index in [1.165, 1.54) is 11.9 Å². The fourth-order valence-corrected chi connectivity index (χ4v) is 2.38. The molecular formula is C16H14BrF2NO. The van der Waals surface area contributed by atoms with E-state index >= 15 is 0 Å². The molecule has 0 saturated heterocycles. The summed E-state index contributed by atoms with van der Waals surface area (Å²) in [6.07, 6.45) is 0. The quantitative estimate of drug-likeness (QED) is 0.805. The molecule has 2 aromatic rings. The lowest BCUT2D eigenvalue weighted by atomic mass is 10.1. The average Bonchev–Trinajstić information content (AvgIpc) is 2.40. The zero-order valence-electron chi connectivity index (χ0n) is 11.7. The third-order valence-corrected chi connectivity index (χ3v) is 3.57. The predicted molar refractivity (Wildman–Crippen MR) is 81.0 cm³/mol. The lowest BCUT2D eigenvalue weighted by Gasteiger charge is -2.18. The monoisotopic (exact) mass is 353 g/mol. The van der Waals surface area contributed by atoms with Gasteiger partial charge in [-0.15, -0.1) is 0 Å². The smallest absolute Gasteiger partial charge is 0.259 e. The second kappa shape index (κ2) is 6.35. The molecule has 21 heavy (non-hydrogen) atoms. The van der Waals surface area contributed by atoms with Crippen LogP contribution in [0.15, 0.2) is 40.9 Å². The molecule has 0 atom stereocenters. The van der Waals surface area contributed by atoms with E-state index in [0.29, 0.717) is 0 Å². The van der Waals surface area contributed by atoms with Crippen LogP contribution in [0.4, 0.5) is 8.78 Å². The Kier molecular flexibility index (Phi) is 4.73. The highest BCUT2D eigenvalue weighted by molar-refractivity contribution is 9.10. The molecule has 2 aromatic carbocycles. The van der Waals surface area contributed by atoms with E-state index in [0.717, 1.165) is 23.3 Å². The number of hydrogen-bond acceptors (Lipinski definition) is 1. The first-order valence-corrected chi connectivity index (χ1v) is 7.13. The summed E-state index contributed by atoms with van der Waals surface area (Å²) >= 11 is 2.99. The maximum Gasteiger partial charge on any atom is 0.259 e. The summed E-state index contributed by atoms with van der Waals surface area (Å²) < 4.78 is 27.9. The Morgan fingerprint density at radius 1 is 1.14 bits per heavy atom. The third-order valence-electron chi connectivity index (χ3n) is 3.11. The van der Waals surface area contributed by atoms with Gasteiger partial charge < -0.3 is 4.90 Å². The van der Waals surface area contributed by atoms with Crippen LogP contribution in [0, 0.1) is 18.6 Å². The summed E-state index contributed by atoms with van der Waals surface area (Å²) in [5, 5.41) is 0. The van der Waals surface area contributed by atoms with Crippen LogP contribution in [-0.4, -0.2) is 17.9 Å². The minimum absolute atomic E-state index is 0.259. The first-order valence-electron chi connectivity index (χ1n) is 6.34. The molecular weight excluding hydrogens is 340 g/mol. The fraction of sp³-hybridized carbons (Fsp3) is 0.188. The number of aryl methyl sites for hydroxylation is 1. The number of halogens is 3. The van der Waals surface area contributed by atoms with Crippen LogP contribution in [-0.2, 0) is 6.54 Å². The molecule has 2 nitrogen and oxygen atoms in total. The maximum atomic E-state index is 13.8. The van der Waals surface area contributed by atoms with Gasteiger partial charge in [-0.1, -0.05) is 45.8 Å². The van der Waals surface area contributed by atoms with Crippen molar-refractivity contribution < 1.29 is 13.6 Å². The molecule has 0 N–H and O–H groups in total. The highest BCUT2D eigenvalue weighted by atomic mass is 79.9. The molecule has 0 spiro atoms. The number of carbonyl (C=O) groups is 1. The molecule has 0 radical (unpaired) electrons. The molecule has 5 heteroatoms. The minimum atomic E-state index is -0.873. The summed E-state index contributed by atoms with van der Waals surface area (Å²) in [5.74, 6) is -2.43. The highest BCUT2D eigenvalue weighted by Gasteiger charge is 2.21. The molecule has 0 heterocycles. The lowest BCUT2D eigenvalue weighted by molar-refractivity contribution is 0.0775. The van der Waals surface area contributed by atoms with Gasteiger partial charge in [0.05, 0.1) is 0 Å². The van der Waals surface area contributed by atoms with Crippen LogP contribution in [0.3, 0.4) is 0 Å². The van der Waals surface area contributed by atoms with Crippen LogP contribution < -0.4 is 0 Å². The Morgan fingerprint density at radius 3 is 2.19 bits per heavy atom. The second-order valence-corrected chi connectivity index (χ2v) is 5.81. The molecule has 0 aliphatic carbocycles. The van der Waals surface area contributed by atoms with Crippen molar-refractivity contribution in [2.75, 3.05) is 7.05 Å². The number of rotatable bonds is 3. The van der Waals surface area contributed by atoms with E-state index < -0.39 is 23.1 Å². The van der Waals surface area contributed by atoms with Crippen molar-refractivity contribution in [3.63, 3.8) is 0 Å². The SMILES string of the molecule is Cc1ccc(CN(C)C(=O)c2c(F)cc(Br)cc2F)cc1. The molecule has 0 aliphatic rings. The molecule has 0 aromatic heterocycles. The third kappa shape index (κ3) is 3.67. The largest absolute Gasteiger partial charge is 0.337 e. The first kappa shape index (κ1) is 15.6. The molecule has 0 unspecified atom stereocenters. The van der Waals surface area contributed by atoms with E-state index in [1.54, 1.807) is 0 Å². The molecule has 0 fully saturated rings. The van der Waals surface area contributed by atoms with Crippen molar-refractivity contribution in [2.24, 2.45) is 0 Å². The Morgan fingerprint density at radius 2 is 1.67 bits per heavy atom. The van der Waals surface area contributed by atoms with Crippen molar-refractivity contribution >= 4 is 21.8 Å². The summed E-state index contributed by atoms with van der Waals surface area (Å²) in [4.78, 5) is 13.5. The first-order chi connectivity index (χ1) is 9.88. The number of amides is 1. The van der Waals surface area contributed by atoms with E-state index in [2.05, 4.69) is 15.9 Å². The van der Waals surface area contributed by atoms with E-state index in [4.69, 9.17) is 0 Å². The molecule has 0 saturated carbocycles. The zero-order chi connectivity index (χ0) is 15.6. The van der Waals surface area contributed by atoms with Gasteiger partial charge in [0.2, 0.25) is 0 Å². The van der Waals surface area contributed by atoms with Gasteiger partial charge in [-0.25, -0.2) is 8.78 Å². The van der Waals surface area contributed by atoms with Crippen molar-refractivity contribution in [3.8, 4) is 0 Å².